The molecule has 0 heterocycles. The van der Waals surface area contributed by atoms with Gasteiger partial charge in [-0.15, -0.1) is 0 Å². The van der Waals surface area contributed by atoms with Crippen LogP contribution in [0, 0.1) is 29.4 Å². The summed E-state index contributed by atoms with van der Waals surface area (Å²) in [6.45, 7) is 0. The van der Waals surface area contributed by atoms with Crippen LogP contribution in [0.3, 0.4) is 0 Å². The zero-order chi connectivity index (χ0) is 14.3. The second-order valence-electron chi connectivity index (χ2n) is 6.26. The minimum absolute atomic E-state index is 0.170. The van der Waals surface area contributed by atoms with E-state index in [9.17, 15) is 8.78 Å². The van der Waals surface area contributed by atoms with Gasteiger partial charge in [0.1, 0.15) is 11.6 Å². The second-order valence-corrected chi connectivity index (χ2v) is 7.11. The summed E-state index contributed by atoms with van der Waals surface area (Å²) >= 11 is 3.15. The lowest BCUT2D eigenvalue weighted by molar-refractivity contribution is 0.253. The molecule has 0 saturated heterocycles. The molecule has 20 heavy (non-hydrogen) atoms. The summed E-state index contributed by atoms with van der Waals surface area (Å²) in [5.41, 5.74) is 0.210. The molecule has 3 rings (SSSR count). The lowest BCUT2D eigenvalue weighted by Gasteiger charge is -2.30. The number of likely N-dealkylation sites (N-methyl/N-ethyl adjacent to an activating group) is 1. The Bertz CT molecular complexity index is 505. The van der Waals surface area contributed by atoms with Crippen molar-refractivity contribution in [1.82, 2.24) is 5.32 Å². The van der Waals surface area contributed by atoms with E-state index in [1.807, 2.05) is 7.05 Å². The molecule has 2 saturated carbocycles. The predicted molar refractivity (Wildman–Crippen MR) is 79.5 cm³/mol. The van der Waals surface area contributed by atoms with E-state index in [0.29, 0.717) is 16.8 Å². The van der Waals surface area contributed by atoms with E-state index in [2.05, 4.69) is 21.2 Å². The quantitative estimate of drug-likeness (QED) is 0.804. The molecule has 0 aromatic heterocycles. The smallest absolute Gasteiger partial charge is 0.143 e. The summed E-state index contributed by atoms with van der Waals surface area (Å²) in [5, 5.41) is 3.30. The number of benzene rings is 1. The molecule has 0 spiro atoms. The van der Waals surface area contributed by atoms with Crippen molar-refractivity contribution in [3.8, 4) is 0 Å². The summed E-state index contributed by atoms with van der Waals surface area (Å²) < 4.78 is 28.4. The Kier molecular flexibility index (Phi) is 4.14. The minimum atomic E-state index is -0.451. The molecule has 0 radical (unpaired) electrons. The topological polar surface area (TPSA) is 12.0 Å². The highest BCUT2D eigenvalue weighted by molar-refractivity contribution is 9.10. The molecule has 1 aromatic rings. The van der Waals surface area contributed by atoms with Crippen LogP contribution in [-0.4, -0.2) is 13.1 Å². The maximum absolute atomic E-state index is 14.1. The van der Waals surface area contributed by atoms with E-state index in [4.69, 9.17) is 0 Å². The summed E-state index contributed by atoms with van der Waals surface area (Å²) in [6.07, 6.45) is 5.59. The van der Waals surface area contributed by atoms with Crippen molar-refractivity contribution in [2.24, 2.45) is 17.8 Å². The lowest BCUT2D eigenvalue weighted by Crippen LogP contribution is -2.38. The van der Waals surface area contributed by atoms with Gasteiger partial charge in [-0.3, -0.25) is 0 Å². The van der Waals surface area contributed by atoms with Gasteiger partial charge in [0.2, 0.25) is 0 Å². The summed E-state index contributed by atoms with van der Waals surface area (Å²) in [5.74, 6) is 1.27. The molecule has 2 fully saturated rings. The molecule has 2 bridgehead atoms. The van der Waals surface area contributed by atoms with Crippen LogP contribution in [0.4, 0.5) is 8.78 Å². The number of halogens is 3. The van der Waals surface area contributed by atoms with Gasteiger partial charge >= 0.3 is 0 Å². The van der Waals surface area contributed by atoms with Gasteiger partial charge in [0.25, 0.3) is 0 Å². The van der Waals surface area contributed by atoms with Crippen LogP contribution in [0.15, 0.2) is 16.6 Å². The first-order valence-corrected chi connectivity index (χ1v) is 8.19. The Morgan fingerprint density at radius 2 is 2.10 bits per heavy atom. The Balaban J connectivity index is 1.80. The average Bonchev–Trinajstić information content (AvgIpc) is 3.06. The monoisotopic (exact) mass is 343 g/mol. The standard InChI is InChI=1S/C16H20BrF2N/c1-20-15(11-7-9-2-3-10(11)6-9)8-12-14(18)5-4-13(17)16(12)19/h4-5,9-11,15,20H,2-3,6-8H2,1H3. The van der Waals surface area contributed by atoms with Crippen LogP contribution in [0.5, 0.6) is 0 Å². The van der Waals surface area contributed by atoms with Crippen molar-refractivity contribution < 1.29 is 8.78 Å². The Hall–Kier alpha value is -0.480. The third kappa shape index (κ3) is 2.52. The van der Waals surface area contributed by atoms with E-state index in [-0.39, 0.29) is 11.6 Å². The molecule has 110 valence electrons. The molecule has 1 nitrogen and oxygen atoms in total. The van der Waals surface area contributed by atoms with Crippen molar-refractivity contribution in [3.63, 3.8) is 0 Å². The van der Waals surface area contributed by atoms with Crippen LogP contribution in [0.2, 0.25) is 0 Å². The largest absolute Gasteiger partial charge is 0.316 e. The van der Waals surface area contributed by atoms with Crippen LogP contribution in [-0.2, 0) is 6.42 Å². The summed E-state index contributed by atoms with van der Waals surface area (Å²) in [6, 6.07) is 2.94. The van der Waals surface area contributed by atoms with E-state index >= 15 is 0 Å². The van der Waals surface area contributed by atoms with Crippen LogP contribution in [0.1, 0.15) is 31.2 Å². The Morgan fingerprint density at radius 3 is 2.70 bits per heavy atom. The highest BCUT2D eigenvalue weighted by Gasteiger charge is 2.42. The Morgan fingerprint density at radius 1 is 1.30 bits per heavy atom. The first-order valence-electron chi connectivity index (χ1n) is 7.39. The van der Waals surface area contributed by atoms with Crippen LogP contribution >= 0.6 is 15.9 Å². The fourth-order valence-electron chi connectivity index (χ4n) is 4.23. The SMILES string of the molecule is CNC(Cc1c(F)ccc(Br)c1F)C1CC2CCC1C2. The average molecular weight is 344 g/mol. The molecule has 4 unspecified atom stereocenters. The molecule has 4 atom stereocenters. The van der Waals surface area contributed by atoms with E-state index < -0.39 is 11.6 Å². The molecule has 2 aliphatic carbocycles. The van der Waals surface area contributed by atoms with Gasteiger partial charge in [-0.05, 0) is 78.5 Å². The van der Waals surface area contributed by atoms with Gasteiger partial charge in [0.05, 0.1) is 4.47 Å². The van der Waals surface area contributed by atoms with Gasteiger partial charge < -0.3 is 5.32 Å². The zero-order valence-corrected chi connectivity index (χ0v) is 13.2. The number of hydrogen-bond acceptors (Lipinski definition) is 1. The Labute approximate surface area is 127 Å². The third-order valence-electron chi connectivity index (χ3n) is 5.24. The van der Waals surface area contributed by atoms with Crippen molar-refractivity contribution in [2.45, 2.75) is 38.1 Å². The zero-order valence-electron chi connectivity index (χ0n) is 11.6. The molecule has 2 aliphatic rings. The second kappa shape index (κ2) is 5.72. The maximum atomic E-state index is 14.1. The van der Waals surface area contributed by atoms with Gasteiger partial charge in [0, 0.05) is 11.6 Å². The first-order chi connectivity index (χ1) is 9.60. The normalized spacial score (nSPS) is 29.9. The molecule has 1 N–H and O–H groups in total. The molecular formula is C16H20BrF2N. The van der Waals surface area contributed by atoms with Crippen LogP contribution in [0.25, 0.3) is 0 Å². The molecule has 4 heteroatoms. The summed E-state index contributed by atoms with van der Waals surface area (Å²) in [7, 11) is 1.91. The molecule has 1 aromatic carbocycles. The number of nitrogens with one attached hydrogen (secondary N) is 1. The predicted octanol–water partition coefficient (Wildman–Crippen LogP) is 4.29. The molecule has 0 amide bonds. The van der Waals surface area contributed by atoms with Crippen LogP contribution < -0.4 is 5.32 Å². The molecule has 0 aliphatic heterocycles. The maximum Gasteiger partial charge on any atom is 0.143 e. The number of rotatable bonds is 4. The highest BCUT2D eigenvalue weighted by atomic mass is 79.9. The van der Waals surface area contributed by atoms with Gasteiger partial charge in [-0.25, -0.2) is 8.78 Å². The van der Waals surface area contributed by atoms with E-state index in [1.165, 1.54) is 37.8 Å². The van der Waals surface area contributed by atoms with Crippen molar-refractivity contribution in [3.05, 3.63) is 33.8 Å². The van der Waals surface area contributed by atoms with Gasteiger partial charge in [-0.1, -0.05) is 6.42 Å². The van der Waals surface area contributed by atoms with Gasteiger partial charge in [-0.2, -0.15) is 0 Å². The number of hydrogen-bond donors (Lipinski definition) is 1. The third-order valence-corrected chi connectivity index (χ3v) is 5.86. The lowest BCUT2D eigenvalue weighted by atomic mass is 9.81. The fraction of sp³-hybridized carbons (Fsp3) is 0.625. The van der Waals surface area contributed by atoms with Crippen molar-refractivity contribution >= 4 is 15.9 Å². The van der Waals surface area contributed by atoms with E-state index in [0.717, 1.165) is 11.8 Å². The van der Waals surface area contributed by atoms with Crippen molar-refractivity contribution in [2.75, 3.05) is 7.05 Å². The number of fused-ring (bicyclic) bond motifs is 2. The van der Waals surface area contributed by atoms with E-state index in [1.54, 1.807) is 0 Å². The highest BCUT2D eigenvalue weighted by Crippen LogP contribution is 2.50. The summed E-state index contributed by atoms with van der Waals surface area (Å²) in [4.78, 5) is 0. The fourth-order valence-corrected chi connectivity index (χ4v) is 4.60. The van der Waals surface area contributed by atoms with Gasteiger partial charge in [0.15, 0.2) is 0 Å². The molecular weight excluding hydrogens is 324 g/mol. The minimum Gasteiger partial charge on any atom is -0.316 e. The van der Waals surface area contributed by atoms with Crippen molar-refractivity contribution in [1.29, 1.82) is 0 Å². The first kappa shape index (κ1) is 14.5.